The summed E-state index contributed by atoms with van der Waals surface area (Å²) < 4.78 is 12.1. The van der Waals surface area contributed by atoms with Crippen molar-refractivity contribution in [3.05, 3.63) is 0 Å². The SMILES string of the molecule is Cl.FCCN1CCC(NCC2CC2)CC1. The summed E-state index contributed by atoms with van der Waals surface area (Å²) in [7, 11) is 0. The molecule has 0 spiro atoms. The number of halogens is 2. The topological polar surface area (TPSA) is 15.3 Å². The number of rotatable bonds is 5. The average molecular weight is 237 g/mol. The first-order valence-corrected chi connectivity index (χ1v) is 5.90. The van der Waals surface area contributed by atoms with Gasteiger partial charge in [-0.15, -0.1) is 12.4 Å². The van der Waals surface area contributed by atoms with E-state index in [0.717, 1.165) is 19.0 Å². The summed E-state index contributed by atoms with van der Waals surface area (Å²) >= 11 is 0. The minimum Gasteiger partial charge on any atom is -0.314 e. The first-order chi connectivity index (χ1) is 6.88. The van der Waals surface area contributed by atoms with Crippen LogP contribution in [0.4, 0.5) is 4.39 Å². The van der Waals surface area contributed by atoms with E-state index in [1.54, 1.807) is 0 Å². The average Bonchev–Trinajstić information content (AvgIpc) is 3.01. The molecule has 1 saturated heterocycles. The molecule has 0 aromatic rings. The predicted octanol–water partition coefficient (Wildman–Crippen LogP) is 1.84. The molecule has 0 bridgehead atoms. The fourth-order valence-electron chi connectivity index (χ4n) is 2.14. The maximum atomic E-state index is 12.1. The van der Waals surface area contributed by atoms with Crippen LogP contribution in [0.2, 0.25) is 0 Å². The van der Waals surface area contributed by atoms with Crippen LogP contribution in [0.1, 0.15) is 25.7 Å². The molecule has 90 valence electrons. The molecule has 1 aliphatic heterocycles. The molecule has 1 aliphatic carbocycles. The molecule has 0 aromatic heterocycles. The molecule has 1 saturated carbocycles. The van der Waals surface area contributed by atoms with Crippen molar-refractivity contribution in [1.82, 2.24) is 10.2 Å². The second kappa shape index (κ2) is 6.66. The Morgan fingerprint density at radius 1 is 1.13 bits per heavy atom. The van der Waals surface area contributed by atoms with E-state index in [9.17, 15) is 4.39 Å². The second-order valence-electron chi connectivity index (χ2n) is 4.66. The van der Waals surface area contributed by atoms with Gasteiger partial charge in [-0.1, -0.05) is 0 Å². The molecule has 2 aliphatic rings. The number of alkyl halides is 1. The Morgan fingerprint density at radius 2 is 1.80 bits per heavy atom. The normalized spacial score (nSPS) is 23.8. The molecule has 1 N–H and O–H groups in total. The third-order valence-corrected chi connectivity index (χ3v) is 3.38. The summed E-state index contributed by atoms with van der Waals surface area (Å²) in [6, 6.07) is 0.700. The van der Waals surface area contributed by atoms with E-state index in [1.807, 2.05) is 0 Å². The standard InChI is InChI=1S/C11H21FN2.ClH/c12-5-8-14-6-3-11(4-7-14)13-9-10-1-2-10;/h10-11,13H,1-9H2;1H. The van der Waals surface area contributed by atoms with E-state index < -0.39 is 0 Å². The molecule has 0 atom stereocenters. The molecule has 2 fully saturated rings. The second-order valence-corrected chi connectivity index (χ2v) is 4.66. The lowest BCUT2D eigenvalue weighted by Crippen LogP contribution is -2.43. The van der Waals surface area contributed by atoms with E-state index in [-0.39, 0.29) is 19.1 Å². The van der Waals surface area contributed by atoms with Crippen LogP contribution >= 0.6 is 12.4 Å². The molecule has 15 heavy (non-hydrogen) atoms. The van der Waals surface area contributed by atoms with Gasteiger partial charge in [0.15, 0.2) is 0 Å². The number of likely N-dealkylation sites (tertiary alicyclic amines) is 1. The highest BCUT2D eigenvalue weighted by Gasteiger charge is 2.24. The predicted molar refractivity (Wildman–Crippen MR) is 63.4 cm³/mol. The Bertz CT molecular complexity index is 168. The monoisotopic (exact) mass is 236 g/mol. The number of hydrogen-bond donors (Lipinski definition) is 1. The molecular formula is C11H22ClFN2. The van der Waals surface area contributed by atoms with Crippen molar-refractivity contribution >= 4 is 12.4 Å². The summed E-state index contributed by atoms with van der Waals surface area (Å²) in [5.41, 5.74) is 0. The minimum atomic E-state index is -0.194. The summed E-state index contributed by atoms with van der Waals surface area (Å²) in [6.07, 6.45) is 5.25. The van der Waals surface area contributed by atoms with E-state index in [4.69, 9.17) is 0 Å². The summed E-state index contributed by atoms with van der Waals surface area (Å²) in [6.45, 7) is 3.81. The highest BCUT2D eigenvalue weighted by atomic mass is 35.5. The fraction of sp³-hybridized carbons (Fsp3) is 1.00. The van der Waals surface area contributed by atoms with Gasteiger partial charge < -0.3 is 10.2 Å². The van der Waals surface area contributed by atoms with E-state index in [0.29, 0.717) is 12.6 Å². The van der Waals surface area contributed by atoms with Gasteiger partial charge >= 0.3 is 0 Å². The number of piperidine rings is 1. The third kappa shape index (κ3) is 4.66. The lowest BCUT2D eigenvalue weighted by atomic mass is 10.1. The van der Waals surface area contributed by atoms with Crippen LogP contribution in [0.15, 0.2) is 0 Å². The van der Waals surface area contributed by atoms with E-state index in [1.165, 1.54) is 32.2 Å². The Kier molecular flexibility index (Phi) is 5.87. The van der Waals surface area contributed by atoms with Crippen LogP contribution in [0.3, 0.4) is 0 Å². The van der Waals surface area contributed by atoms with E-state index >= 15 is 0 Å². The van der Waals surface area contributed by atoms with Crippen molar-refractivity contribution in [2.45, 2.75) is 31.7 Å². The van der Waals surface area contributed by atoms with Gasteiger partial charge in [0.05, 0.1) is 0 Å². The molecule has 2 nitrogen and oxygen atoms in total. The van der Waals surface area contributed by atoms with Crippen LogP contribution in [0, 0.1) is 5.92 Å². The smallest absolute Gasteiger partial charge is 0.102 e. The summed E-state index contributed by atoms with van der Waals surface area (Å²) in [5, 5.41) is 3.63. The van der Waals surface area contributed by atoms with Crippen molar-refractivity contribution in [3.8, 4) is 0 Å². The molecular weight excluding hydrogens is 215 g/mol. The summed E-state index contributed by atoms with van der Waals surface area (Å²) in [4.78, 5) is 2.23. The Hall–Kier alpha value is 0.140. The largest absolute Gasteiger partial charge is 0.314 e. The van der Waals surface area contributed by atoms with Crippen molar-refractivity contribution in [2.24, 2.45) is 5.92 Å². The lowest BCUT2D eigenvalue weighted by Gasteiger charge is -2.31. The maximum Gasteiger partial charge on any atom is 0.102 e. The quantitative estimate of drug-likeness (QED) is 0.784. The highest BCUT2D eigenvalue weighted by Crippen LogP contribution is 2.28. The minimum absolute atomic E-state index is 0. The zero-order valence-corrected chi connectivity index (χ0v) is 10.1. The van der Waals surface area contributed by atoms with Gasteiger partial charge in [0, 0.05) is 12.6 Å². The van der Waals surface area contributed by atoms with Gasteiger partial charge in [0.2, 0.25) is 0 Å². The first kappa shape index (κ1) is 13.2. The van der Waals surface area contributed by atoms with Gasteiger partial charge in [0.25, 0.3) is 0 Å². The Labute approximate surface area is 98.0 Å². The van der Waals surface area contributed by atoms with Crippen LogP contribution < -0.4 is 5.32 Å². The molecule has 2 rings (SSSR count). The van der Waals surface area contributed by atoms with Crippen LogP contribution in [-0.2, 0) is 0 Å². The molecule has 0 aromatic carbocycles. The molecule has 0 amide bonds. The maximum absolute atomic E-state index is 12.1. The molecule has 0 radical (unpaired) electrons. The van der Waals surface area contributed by atoms with Crippen molar-refractivity contribution in [3.63, 3.8) is 0 Å². The van der Waals surface area contributed by atoms with Gasteiger partial charge in [-0.3, -0.25) is 0 Å². The van der Waals surface area contributed by atoms with Gasteiger partial charge in [0.1, 0.15) is 6.67 Å². The Balaban J connectivity index is 0.00000112. The zero-order valence-electron chi connectivity index (χ0n) is 9.25. The van der Waals surface area contributed by atoms with Crippen molar-refractivity contribution < 1.29 is 4.39 Å². The lowest BCUT2D eigenvalue weighted by molar-refractivity contribution is 0.184. The number of hydrogen-bond acceptors (Lipinski definition) is 2. The zero-order chi connectivity index (χ0) is 9.80. The van der Waals surface area contributed by atoms with Crippen LogP contribution in [0.25, 0.3) is 0 Å². The highest BCUT2D eigenvalue weighted by molar-refractivity contribution is 5.85. The fourth-order valence-corrected chi connectivity index (χ4v) is 2.14. The Morgan fingerprint density at radius 3 is 2.33 bits per heavy atom. The third-order valence-electron chi connectivity index (χ3n) is 3.38. The van der Waals surface area contributed by atoms with Crippen LogP contribution in [0.5, 0.6) is 0 Å². The van der Waals surface area contributed by atoms with Crippen molar-refractivity contribution in [2.75, 3.05) is 32.9 Å². The van der Waals surface area contributed by atoms with Crippen LogP contribution in [-0.4, -0.2) is 43.8 Å². The molecule has 0 unspecified atom stereocenters. The summed E-state index contributed by atoms with van der Waals surface area (Å²) in [5.74, 6) is 0.971. The number of nitrogens with zero attached hydrogens (tertiary/aromatic N) is 1. The van der Waals surface area contributed by atoms with Gasteiger partial charge in [-0.25, -0.2) is 4.39 Å². The van der Waals surface area contributed by atoms with E-state index in [2.05, 4.69) is 10.2 Å². The molecule has 4 heteroatoms. The van der Waals surface area contributed by atoms with Crippen molar-refractivity contribution in [1.29, 1.82) is 0 Å². The van der Waals surface area contributed by atoms with Gasteiger partial charge in [-0.05, 0) is 51.2 Å². The molecule has 1 heterocycles. The number of nitrogens with one attached hydrogen (secondary N) is 1. The first-order valence-electron chi connectivity index (χ1n) is 5.90. The van der Waals surface area contributed by atoms with Gasteiger partial charge in [-0.2, -0.15) is 0 Å².